The molecule has 0 heterocycles. The van der Waals surface area contributed by atoms with E-state index in [9.17, 15) is 9.90 Å². The maximum Gasteiger partial charge on any atom is 0.218 e. The van der Waals surface area contributed by atoms with Gasteiger partial charge >= 0.3 is 0 Å². The number of carbonyl (C=O) groups excluding carboxylic acids is 1. The van der Waals surface area contributed by atoms with E-state index in [-0.39, 0.29) is 11.7 Å². The summed E-state index contributed by atoms with van der Waals surface area (Å²) in [4.78, 5) is 10.5. The Morgan fingerprint density at radius 3 is 2.88 bits per heavy atom. The van der Waals surface area contributed by atoms with E-state index >= 15 is 0 Å². The van der Waals surface area contributed by atoms with E-state index < -0.39 is 0 Å². The van der Waals surface area contributed by atoms with Gasteiger partial charge < -0.3 is 20.9 Å². The van der Waals surface area contributed by atoms with Gasteiger partial charge in [-0.25, -0.2) is 0 Å². The molecular weight excluding hydrogens is 288 g/mol. The normalized spacial score (nSPS) is 10.2. The number of hydrogen-bond acceptors (Lipinski definition) is 4. The third-order valence-corrected chi connectivity index (χ3v) is 2.79. The third kappa shape index (κ3) is 4.24. The fraction of sp³-hybridized carbons (Fsp3) is 0.364. The summed E-state index contributed by atoms with van der Waals surface area (Å²) in [7, 11) is 1.49. The van der Waals surface area contributed by atoms with Crippen LogP contribution in [0, 0.1) is 0 Å². The maximum absolute atomic E-state index is 10.5. The van der Waals surface area contributed by atoms with Crippen molar-refractivity contribution in [1.82, 2.24) is 5.32 Å². The highest BCUT2D eigenvalue weighted by atomic mass is 79.9. The largest absolute Gasteiger partial charge is 0.503 e. The molecule has 4 N–H and O–H groups in total. The van der Waals surface area contributed by atoms with Crippen molar-refractivity contribution in [3.8, 4) is 11.5 Å². The molecule has 1 rings (SSSR count). The molecule has 5 nitrogen and oxygen atoms in total. The molecule has 0 aliphatic rings. The van der Waals surface area contributed by atoms with Crippen LogP contribution >= 0.6 is 15.9 Å². The van der Waals surface area contributed by atoms with Gasteiger partial charge in [-0.1, -0.05) is 0 Å². The first-order valence-corrected chi connectivity index (χ1v) is 5.88. The van der Waals surface area contributed by atoms with Crippen LogP contribution in [0.3, 0.4) is 0 Å². The number of nitrogens with one attached hydrogen (secondary N) is 1. The van der Waals surface area contributed by atoms with Gasteiger partial charge in [-0.05, 0) is 33.6 Å². The Kier molecular flexibility index (Phi) is 5.24. The van der Waals surface area contributed by atoms with E-state index in [4.69, 9.17) is 10.5 Å². The van der Waals surface area contributed by atoms with Crippen molar-refractivity contribution in [2.75, 3.05) is 13.7 Å². The van der Waals surface area contributed by atoms with Gasteiger partial charge in [0.05, 0.1) is 11.6 Å². The fourth-order valence-corrected chi connectivity index (χ4v) is 1.82. The zero-order valence-electron chi connectivity index (χ0n) is 9.50. The van der Waals surface area contributed by atoms with E-state index in [1.807, 2.05) is 0 Å². The monoisotopic (exact) mass is 302 g/mol. The average molecular weight is 303 g/mol. The van der Waals surface area contributed by atoms with E-state index in [0.29, 0.717) is 29.7 Å². The van der Waals surface area contributed by atoms with Gasteiger partial charge in [-0.2, -0.15) is 0 Å². The fourth-order valence-electron chi connectivity index (χ4n) is 1.33. The number of carbonyl (C=O) groups is 1. The molecule has 0 aliphatic heterocycles. The molecular formula is C11H15BrN2O3. The van der Waals surface area contributed by atoms with Crippen molar-refractivity contribution in [2.45, 2.75) is 13.0 Å². The van der Waals surface area contributed by atoms with E-state index in [1.165, 1.54) is 7.11 Å². The third-order valence-electron chi connectivity index (χ3n) is 2.19. The molecule has 0 aliphatic carbocycles. The number of aromatic hydroxyl groups is 1. The van der Waals surface area contributed by atoms with Gasteiger partial charge in [0.2, 0.25) is 5.91 Å². The van der Waals surface area contributed by atoms with Crippen LogP contribution in [0.5, 0.6) is 11.5 Å². The van der Waals surface area contributed by atoms with Gasteiger partial charge in [0.25, 0.3) is 0 Å². The molecule has 1 amide bonds. The van der Waals surface area contributed by atoms with Crippen LogP contribution in [-0.2, 0) is 11.3 Å². The van der Waals surface area contributed by atoms with Gasteiger partial charge in [0.15, 0.2) is 11.5 Å². The molecule has 0 unspecified atom stereocenters. The van der Waals surface area contributed by atoms with E-state index in [1.54, 1.807) is 12.1 Å². The Hall–Kier alpha value is -1.27. The second-order valence-corrected chi connectivity index (χ2v) is 4.38. The summed E-state index contributed by atoms with van der Waals surface area (Å²) in [6, 6.07) is 3.52. The number of hydrogen-bond donors (Lipinski definition) is 3. The lowest BCUT2D eigenvalue weighted by Crippen LogP contribution is -2.21. The maximum atomic E-state index is 10.5. The molecule has 1 aromatic carbocycles. The van der Waals surface area contributed by atoms with Gasteiger partial charge in [0.1, 0.15) is 0 Å². The Bertz CT molecular complexity index is 410. The Balaban J connectivity index is 2.59. The van der Waals surface area contributed by atoms with Crippen molar-refractivity contribution in [3.63, 3.8) is 0 Å². The van der Waals surface area contributed by atoms with Crippen molar-refractivity contribution < 1.29 is 14.6 Å². The summed E-state index contributed by atoms with van der Waals surface area (Å²) in [6.07, 6.45) is 0.302. The van der Waals surface area contributed by atoms with Crippen LogP contribution in [-0.4, -0.2) is 24.7 Å². The summed E-state index contributed by atoms with van der Waals surface area (Å²) in [6.45, 7) is 1.10. The van der Waals surface area contributed by atoms with Crippen molar-refractivity contribution >= 4 is 21.8 Å². The molecule has 17 heavy (non-hydrogen) atoms. The number of phenols is 1. The van der Waals surface area contributed by atoms with Crippen molar-refractivity contribution in [2.24, 2.45) is 5.73 Å². The van der Waals surface area contributed by atoms with Crippen LogP contribution in [0.2, 0.25) is 0 Å². The SMILES string of the molecule is COc1cc(CNCCC(N)=O)cc(Br)c1O. The lowest BCUT2D eigenvalue weighted by atomic mass is 10.2. The summed E-state index contributed by atoms with van der Waals surface area (Å²) in [5.74, 6) is 0.154. The first-order valence-electron chi connectivity index (χ1n) is 5.09. The molecule has 0 fully saturated rings. The quantitative estimate of drug-likeness (QED) is 0.688. The standard InChI is InChI=1S/C11H15BrN2O3/c1-17-9-5-7(4-8(12)11(9)16)6-14-3-2-10(13)15/h4-5,14,16H,2-3,6H2,1H3,(H2,13,15). The smallest absolute Gasteiger partial charge is 0.218 e. The van der Waals surface area contributed by atoms with Crippen LogP contribution in [0.4, 0.5) is 0 Å². The van der Waals surface area contributed by atoms with E-state index in [2.05, 4.69) is 21.2 Å². The molecule has 0 saturated carbocycles. The molecule has 94 valence electrons. The van der Waals surface area contributed by atoms with Crippen molar-refractivity contribution in [1.29, 1.82) is 0 Å². The summed E-state index contributed by atoms with van der Waals surface area (Å²) in [5, 5.41) is 12.7. The minimum Gasteiger partial charge on any atom is -0.503 e. The highest BCUT2D eigenvalue weighted by Gasteiger charge is 2.08. The number of primary amides is 1. The van der Waals surface area contributed by atoms with E-state index in [0.717, 1.165) is 5.56 Å². The van der Waals surface area contributed by atoms with Gasteiger partial charge in [-0.15, -0.1) is 0 Å². The molecule has 0 atom stereocenters. The van der Waals surface area contributed by atoms with Crippen LogP contribution in [0.25, 0.3) is 0 Å². The summed E-state index contributed by atoms with van der Waals surface area (Å²) in [5.41, 5.74) is 5.96. The minimum atomic E-state index is -0.332. The molecule has 0 aromatic heterocycles. The zero-order valence-corrected chi connectivity index (χ0v) is 11.1. The lowest BCUT2D eigenvalue weighted by Gasteiger charge is -2.09. The second-order valence-electron chi connectivity index (χ2n) is 3.52. The molecule has 1 aromatic rings. The zero-order chi connectivity index (χ0) is 12.8. The Morgan fingerprint density at radius 2 is 2.29 bits per heavy atom. The molecule has 0 radical (unpaired) electrons. The molecule has 0 saturated heterocycles. The van der Waals surface area contributed by atoms with Crippen molar-refractivity contribution in [3.05, 3.63) is 22.2 Å². The average Bonchev–Trinajstić information content (AvgIpc) is 2.28. The first kappa shape index (κ1) is 13.8. The summed E-state index contributed by atoms with van der Waals surface area (Å²) >= 11 is 3.24. The lowest BCUT2D eigenvalue weighted by molar-refractivity contribution is -0.117. The molecule has 0 bridgehead atoms. The Morgan fingerprint density at radius 1 is 1.59 bits per heavy atom. The number of rotatable bonds is 6. The number of ether oxygens (including phenoxy) is 1. The predicted octanol–water partition coefficient (Wildman–Crippen LogP) is 1.13. The predicted molar refractivity (Wildman–Crippen MR) is 67.9 cm³/mol. The minimum absolute atomic E-state index is 0.0772. The summed E-state index contributed by atoms with van der Waals surface area (Å²) < 4.78 is 5.60. The van der Waals surface area contributed by atoms with Crippen LogP contribution in [0.1, 0.15) is 12.0 Å². The highest BCUT2D eigenvalue weighted by molar-refractivity contribution is 9.10. The van der Waals surface area contributed by atoms with Crippen LogP contribution in [0.15, 0.2) is 16.6 Å². The highest BCUT2D eigenvalue weighted by Crippen LogP contribution is 2.35. The van der Waals surface area contributed by atoms with Gasteiger partial charge in [0, 0.05) is 19.5 Å². The number of nitrogens with two attached hydrogens (primary N) is 1. The Labute approximate surface area is 108 Å². The topological polar surface area (TPSA) is 84.6 Å². The van der Waals surface area contributed by atoms with Gasteiger partial charge in [-0.3, -0.25) is 4.79 Å². The number of methoxy groups -OCH3 is 1. The number of halogens is 1. The second kappa shape index (κ2) is 6.46. The molecule has 0 spiro atoms. The molecule has 6 heteroatoms. The van der Waals surface area contributed by atoms with Crippen LogP contribution < -0.4 is 15.8 Å². The first-order chi connectivity index (χ1) is 8.04. The number of amides is 1. The number of phenolic OH excluding ortho intramolecular Hbond substituents is 1. The number of benzene rings is 1.